The number of methoxy groups -OCH3 is 1. The minimum atomic E-state index is -1.26. The predicted molar refractivity (Wildman–Crippen MR) is 169 cm³/mol. The monoisotopic (exact) mass is 685 g/mol. The molecule has 0 spiro atoms. The van der Waals surface area contributed by atoms with Gasteiger partial charge in [-0.15, -0.1) is 0 Å². The molecule has 2 heterocycles. The number of anilines is 2. The average molecular weight is 687 g/mol. The number of ether oxygens (including phenoxy) is 1. The third-order valence-corrected chi connectivity index (χ3v) is 10.8. The van der Waals surface area contributed by atoms with E-state index < -0.39 is 51.7 Å². The summed E-state index contributed by atoms with van der Waals surface area (Å²) >= 11 is 3.41. The third kappa shape index (κ3) is 4.08. The zero-order valence-electron chi connectivity index (χ0n) is 24.8. The molecule has 2 aliphatic heterocycles. The molecule has 3 aromatic rings. The highest BCUT2D eigenvalue weighted by molar-refractivity contribution is 9.10. The molecule has 46 heavy (non-hydrogen) atoms. The van der Waals surface area contributed by atoms with Crippen LogP contribution in [0.25, 0.3) is 0 Å². The number of nitrogens with zero attached hydrogens (tertiary/aromatic N) is 3. The number of imide groups is 2. The number of rotatable bonds is 5. The van der Waals surface area contributed by atoms with Gasteiger partial charge in [0.15, 0.2) is 11.5 Å². The van der Waals surface area contributed by atoms with Crippen molar-refractivity contribution in [3.63, 3.8) is 0 Å². The predicted octanol–water partition coefficient (Wildman–Crippen LogP) is 5.51. The van der Waals surface area contributed by atoms with Crippen molar-refractivity contribution in [2.75, 3.05) is 16.9 Å². The summed E-state index contributed by atoms with van der Waals surface area (Å²) in [5.41, 5.74) is 0.658. The molecule has 3 aromatic carbocycles. The average Bonchev–Trinajstić information content (AvgIpc) is 3.42. The number of para-hydroxylation sites is 1. The van der Waals surface area contributed by atoms with Crippen molar-refractivity contribution >= 4 is 56.6 Å². The van der Waals surface area contributed by atoms with Crippen molar-refractivity contribution in [1.82, 2.24) is 0 Å². The summed E-state index contributed by atoms with van der Waals surface area (Å²) in [4.78, 5) is 69.7. The number of benzene rings is 3. The number of phenols is 1. The summed E-state index contributed by atoms with van der Waals surface area (Å²) in [7, 11) is 1.42. The molecule has 234 valence electrons. The lowest BCUT2D eigenvalue weighted by molar-refractivity contribution is -0.384. The van der Waals surface area contributed by atoms with Gasteiger partial charge in [-0.3, -0.25) is 34.2 Å². The maximum atomic E-state index is 14.5. The van der Waals surface area contributed by atoms with Crippen LogP contribution in [0.2, 0.25) is 0 Å². The summed E-state index contributed by atoms with van der Waals surface area (Å²) in [6, 6.07) is 17.3. The van der Waals surface area contributed by atoms with Crippen molar-refractivity contribution in [3.8, 4) is 11.5 Å². The second-order valence-electron chi connectivity index (χ2n) is 12.3. The van der Waals surface area contributed by atoms with Crippen LogP contribution in [0, 0.1) is 39.2 Å². The summed E-state index contributed by atoms with van der Waals surface area (Å²) < 4.78 is 5.79. The number of nitro groups is 1. The van der Waals surface area contributed by atoms with E-state index in [4.69, 9.17) is 4.74 Å². The number of hydrogen-bond donors (Lipinski definition) is 1. The van der Waals surface area contributed by atoms with E-state index in [0.29, 0.717) is 15.7 Å². The molecule has 3 fully saturated rings. The highest BCUT2D eigenvalue weighted by atomic mass is 79.9. The molecule has 7 rings (SSSR count). The Hall–Kier alpha value is -4.84. The zero-order chi connectivity index (χ0) is 32.7. The van der Waals surface area contributed by atoms with Gasteiger partial charge < -0.3 is 9.84 Å². The van der Waals surface area contributed by atoms with Gasteiger partial charge in [-0.05, 0) is 83.6 Å². The van der Waals surface area contributed by atoms with Crippen LogP contribution >= 0.6 is 15.9 Å². The molecular formula is C34H28BrN3O8. The first-order valence-corrected chi connectivity index (χ1v) is 15.6. The standard InChI is InChI=1S/C34H28BrN3O8/c1-34-24(31(41)37(33(34)43)18-6-4-3-5-7-18)16-23-21(28(34)17-14-25(35)29(39)26(15-17)46-2)12-13-22-27(23)32(42)36(30(22)40)19-8-10-20(11-9-19)38(44)45/h3-12,14-15,22-24,27-28,39H,13,16H2,1-2H3. The van der Waals surface area contributed by atoms with E-state index in [0.717, 1.165) is 10.5 Å². The van der Waals surface area contributed by atoms with E-state index in [9.17, 15) is 34.4 Å². The van der Waals surface area contributed by atoms with Crippen LogP contribution in [0.3, 0.4) is 0 Å². The summed E-state index contributed by atoms with van der Waals surface area (Å²) in [6.07, 6.45) is 2.35. The lowest BCUT2D eigenvalue weighted by Crippen LogP contribution is -2.48. The topological polar surface area (TPSA) is 147 Å². The molecule has 2 aliphatic carbocycles. The molecule has 4 amide bonds. The van der Waals surface area contributed by atoms with Crippen molar-refractivity contribution in [1.29, 1.82) is 0 Å². The van der Waals surface area contributed by atoms with Gasteiger partial charge in [-0.2, -0.15) is 0 Å². The highest BCUT2D eigenvalue weighted by Crippen LogP contribution is 2.64. The molecule has 0 bridgehead atoms. The van der Waals surface area contributed by atoms with Crippen molar-refractivity contribution < 1.29 is 33.9 Å². The van der Waals surface area contributed by atoms with E-state index in [1.54, 1.807) is 49.4 Å². The first-order chi connectivity index (χ1) is 22.0. The summed E-state index contributed by atoms with van der Waals surface area (Å²) in [5, 5.41) is 21.8. The Kier molecular flexibility index (Phi) is 6.89. The van der Waals surface area contributed by atoms with Crippen molar-refractivity contribution in [2.24, 2.45) is 29.1 Å². The molecule has 6 unspecified atom stereocenters. The fraction of sp³-hybridized carbons (Fsp3) is 0.294. The minimum Gasteiger partial charge on any atom is -0.503 e. The van der Waals surface area contributed by atoms with E-state index in [1.165, 1.54) is 36.3 Å². The van der Waals surface area contributed by atoms with E-state index >= 15 is 0 Å². The molecular weight excluding hydrogens is 658 g/mol. The molecule has 2 saturated heterocycles. The van der Waals surface area contributed by atoms with Gasteiger partial charge in [0, 0.05) is 18.1 Å². The van der Waals surface area contributed by atoms with E-state index in [-0.39, 0.29) is 47.5 Å². The lowest BCUT2D eigenvalue weighted by atomic mass is 9.51. The number of carbonyl (C=O) groups excluding carboxylic acids is 4. The number of nitro benzene ring substituents is 1. The van der Waals surface area contributed by atoms with Gasteiger partial charge in [0.1, 0.15) is 0 Å². The number of phenolic OH excluding ortho intramolecular Hbond substituents is 1. The number of aromatic hydroxyl groups is 1. The van der Waals surface area contributed by atoms with Crippen molar-refractivity contribution in [3.05, 3.63) is 98.5 Å². The molecule has 11 nitrogen and oxygen atoms in total. The molecule has 4 aliphatic rings. The van der Waals surface area contributed by atoms with Gasteiger partial charge in [0.25, 0.3) is 5.69 Å². The largest absolute Gasteiger partial charge is 0.503 e. The summed E-state index contributed by atoms with van der Waals surface area (Å²) in [6.45, 7) is 1.78. The van der Waals surface area contributed by atoms with E-state index in [2.05, 4.69) is 15.9 Å². The van der Waals surface area contributed by atoms with Crippen LogP contribution in [0.5, 0.6) is 11.5 Å². The molecule has 1 saturated carbocycles. The van der Waals surface area contributed by atoms with Gasteiger partial charge >= 0.3 is 0 Å². The highest BCUT2D eigenvalue weighted by Gasteiger charge is 2.67. The molecule has 0 radical (unpaired) electrons. The fourth-order valence-electron chi connectivity index (χ4n) is 8.11. The van der Waals surface area contributed by atoms with Crippen LogP contribution < -0.4 is 14.5 Å². The van der Waals surface area contributed by atoms with Crippen LogP contribution in [0.15, 0.2) is 82.9 Å². The molecule has 12 heteroatoms. The molecule has 6 atom stereocenters. The van der Waals surface area contributed by atoms with Crippen LogP contribution in [-0.4, -0.2) is 40.8 Å². The van der Waals surface area contributed by atoms with Crippen LogP contribution in [0.1, 0.15) is 31.2 Å². The quantitative estimate of drug-likeness (QED) is 0.160. The number of non-ortho nitro benzene ring substituents is 1. The fourth-order valence-corrected chi connectivity index (χ4v) is 8.57. The number of halogens is 1. The van der Waals surface area contributed by atoms with Gasteiger partial charge in [-0.25, -0.2) is 4.90 Å². The lowest BCUT2D eigenvalue weighted by Gasteiger charge is -2.49. The van der Waals surface area contributed by atoms with Gasteiger partial charge in [0.2, 0.25) is 23.6 Å². The van der Waals surface area contributed by atoms with Gasteiger partial charge in [-0.1, -0.05) is 29.8 Å². The Morgan fingerprint density at radius 3 is 2.26 bits per heavy atom. The Morgan fingerprint density at radius 2 is 1.61 bits per heavy atom. The second-order valence-corrected chi connectivity index (χ2v) is 13.2. The number of hydrogen-bond acceptors (Lipinski definition) is 8. The zero-order valence-corrected chi connectivity index (χ0v) is 26.3. The summed E-state index contributed by atoms with van der Waals surface area (Å²) in [5.74, 6) is -5.09. The number of allylic oxidation sites excluding steroid dienone is 2. The smallest absolute Gasteiger partial charge is 0.269 e. The van der Waals surface area contributed by atoms with Gasteiger partial charge in [0.05, 0.1) is 51.0 Å². The maximum absolute atomic E-state index is 14.5. The number of amides is 4. The second kappa shape index (κ2) is 10.6. The van der Waals surface area contributed by atoms with Crippen LogP contribution in [-0.2, 0) is 19.2 Å². The van der Waals surface area contributed by atoms with Crippen LogP contribution in [0.4, 0.5) is 17.1 Å². The Bertz CT molecular complexity index is 1880. The SMILES string of the molecule is COc1cc(C2C3=CCC4C(=O)N(c5ccc([N+](=O)[O-])cc5)C(=O)C4C3CC3C(=O)N(c4ccccc4)C(=O)C32C)cc(Br)c1O. The number of fused-ring (bicyclic) bond motifs is 4. The Balaban J connectivity index is 1.37. The minimum absolute atomic E-state index is 0.118. The third-order valence-electron chi connectivity index (χ3n) is 10.2. The number of carbonyl (C=O) groups is 4. The van der Waals surface area contributed by atoms with Crippen molar-refractivity contribution in [2.45, 2.75) is 25.7 Å². The maximum Gasteiger partial charge on any atom is 0.269 e. The normalized spacial score (nSPS) is 28.5. The molecule has 0 aromatic heterocycles. The Labute approximate surface area is 271 Å². The Morgan fingerprint density at radius 1 is 0.935 bits per heavy atom. The van der Waals surface area contributed by atoms with E-state index in [1.807, 2.05) is 6.08 Å². The molecule has 1 N–H and O–H groups in total. The first-order valence-electron chi connectivity index (χ1n) is 14.8. The first kappa shape index (κ1) is 29.8.